The van der Waals surface area contributed by atoms with Crippen molar-refractivity contribution >= 4 is 23.0 Å². The molecule has 2 rings (SSSR count). The van der Waals surface area contributed by atoms with Crippen molar-refractivity contribution in [1.29, 1.82) is 0 Å². The van der Waals surface area contributed by atoms with Crippen LogP contribution < -0.4 is 5.73 Å². The summed E-state index contributed by atoms with van der Waals surface area (Å²) in [4.78, 5) is 27.0. The van der Waals surface area contributed by atoms with Crippen molar-refractivity contribution in [3.05, 3.63) is 70.3 Å². The predicted molar refractivity (Wildman–Crippen MR) is 123 cm³/mol. The van der Waals surface area contributed by atoms with Gasteiger partial charge in [0.2, 0.25) is 0 Å². The van der Waals surface area contributed by atoms with Gasteiger partial charge in [-0.1, -0.05) is 70.9 Å². The standard InChI is InChI=1S/C22H26N4O4.CH4/c1-14-10-11-18(15(2)12-14)20(25-28-4)16(3)24-30-13-17-8-6-7-9-19(17)21(22(23)27)26-29-5;/h6-12H,13H2,1-5H3,(H2,23,27);1H4/b24-16-,25-20+,26-21-;. The number of carbonyl (C=O) groups excluding carboxylic acids is 1. The monoisotopic (exact) mass is 426 g/mol. The molecule has 0 bridgehead atoms. The average Bonchev–Trinajstić information content (AvgIpc) is 2.71. The van der Waals surface area contributed by atoms with E-state index in [1.54, 1.807) is 25.1 Å². The van der Waals surface area contributed by atoms with Gasteiger partial charge >= 0.3 is 0 Å². The smallest absolute Gasteiger partial charge is 0.271 e. The Morgan fingerprint density at radius 1 is 0.935 bits per heavy atom. The minimum absolute atomic E-state index is 0. The van der Waals surface area contributed by atoms with Crippen LogP contribution in [0.2, 0.25) is 0 Å². The molecule has 2 aromatic rings. The van der Waals surface area contributed by atoms with Crippen molar-refractivity contribution in [3.63, 3.8) is 0 Å². The number of hydrogen-bond donors (Lipinski definition) is 1. The van der Waals surface area contributed by atoms with Gasteiger partial charge in [0.1, 0.15) is 32.2 Å². The van der Waals surface area contributed by atoms with E-state index in [-0.39, 0.29) is 19.7 Å². The van der Waals surface area contributed by atoms with Crippen LogP contribution in [0, 0.1) is 13.8 Å². The maximum absolute atomic E-state index is 11.7. The van der Waals surface area contributed by atoms with Crippen LogP contribution in [-0.2, 0) is 25.9 Å². The minimum atomic E-state index is -0.701. The second kappa shape index (κ2) is 12.1. The van der Waals surface area contributed by atoms with Crippen LogP contribution in [0.5, 0.6) is 0 Å². The SMILES string of the molecule is C.CO/N=C(\C(C)=N/OCc1ccccc1/C(=N/OC)C(N)=O)c1ccc(C)cc1C. The molecule has 0 aliphatic carbocycles. The lowest BCUT2D eigenvalue weighted by molar-refractivity contribution is -0.112. The molecule has 8 heteroatoms. The van der Waals surface area contributed by atoms with Gasteiger partial charge in [0.15, 0.2) is 5.71 Å². The van der Waals surface area contributed by atoms with Gasteiger partial charge in [-0.3, -0.25) is 4.79 Å². The molecule has 2 N–H and O–H groups in total. The summed E-state index contributed by atoms with van der Waals surface area (Å²) in [6, 6.07) is 13.1. The Hall–Kier alpha value is -3.68. The lowest BCUT2D eigenvalue weighted by atomic mass is 9.99. The van der Waals surface area contributed by atoms with E-state index in [0.717, 1.165) is 16.7 Å². The summed E-state index contributed by atoms with van der Waals surface area (Å²) in [6.07, 6.45) is 0. The second-order valence-corrected chi connectivity index (χ2v) is 6.53. The minimum Gasteiger partial charge on any atom is -0.399 e. The number of benzene rings is 2. The number of aryl methyl sites for hydroxylation is 2. The van der Waals surface area contributed by atoms with Gasteiger partial charge in [0.05, 0.1) is 0 Å². The number of hydrogen-bond acceptors (Lipinski definition) is 7. The second-order valence-electron chi connectivity index (χ2n) is 6.53. The first-order valence-electron chi connectivity index (χ1n) is 9.24. The molecule has 2 aromatic carbocycles. The topological polar surface area (TPSA) is 108 Å². The summed E-state index contributed by atoms with van der Waals surface area (Å²) in [7, 11) is 2.83. The number of primary amides is 1. The van der Waals surface area contributed by atoms with Gasteiger partial charge in [0.25, 0.3) is 5.91 Å². The first kappa shape index (κ1) is 25.4. The Kier molecular flexibility index (Phi) is 9.91. The Morgan fingerprint density at radius 3 is 2.19 bits per heavy atom. The van der Waals surface area contributed by atoms with E-state index in [4.69, 9.17) is 20.2 Å². The molecule has 31 heavy (non-hydrogen) atoms. The van der Waals surface area contributed by atoms with Gasteiger partial charge in [-0.25, -0.2) is 0 Å². The number of oxime groups is 3. The highest BCUT2D eigenvalue weighted by atomic mass is 16.6. The highest BCUT2D eigenvalue weighted by Gasteiger charge is 2.16. The molecule has 0 aliphatic rings. The van der Waals surface area contributed by atoms with E-state index >= 15 is 0 Å². The van der Waals surface area contributed by atoms with Crippen molar-refractivity contribution in [3.8, 4) is 0 Å². The van der Waals surface area contributed by atoms with Gasteiger partial charge in [-0.2, -0.15) is 0 Å². The van der Waals surface area contributed by atoms with Crippen molar-refractivity contribution in [2.45, 2.75) is 34.8 Å². The lowest BCUT2D eigenvalue weighted by Crippen LogP contribution is -2.25. The zero-order valence-electron chi connectivity index (χ0n) is 17.8. The van der Waals surface area contributed by atoms with E-state index < -0.39 is 5.91 Å². The number of nitrogens with zero attached hydrogens (tertiary/aromatic N) is 3. The Balaban J connectivity index is 0.00000480. The fourth-order valence-corrected chi connectivity index (χ4v) is 2.92. The van der Waals surface area contributed by atoms with E-state index in [9.17, 15) is 4.79 Å². The molecule has 0 unspecified atom stereocenters. The maximum Gasteiger partial charge on any atom is 0.271 e. The van der Waals surface area contributed by atoms with Crippen molar-refractivity contribution < 1.29 is 19.3 Å². The van der Waals surface area contributed by atoms with Gasteiger partial charge in [0, 0.05) is 16.7 Å². The normalized spacial score (nSPS) is 12.1. The predicted octanol–water partition coefficient (Wildman–Crippen LogP) is 3.72. The van der Waals surface area contributed by atoms with Crippen LogP contribution >= 0.6 is 0 Å². The molecule has 0 spiro atoms. The van der Waals surface area contributed by atoms with E-state index in [2.05, 4.69) is 21.5 Å². The molecule has 0 fully saturated rings. The summed E-state index contributed by atoms with van der Waals surface area (Å²) >= 11 is 0. The largest absolute Gasteiger partial charge is 0.399 e. The van der Waals surface area contributed by atoms with Crippen molar-refractivity contribution in [2.75, 3.05) is 14.2 Å². The lowest BCUT2D eigenvalue weighted by Gasteiger charge is -2.11. The molecule has 0 heterocycles. The first-order valence-corrected chi connectivity index (χ1v) is 9.24. The van der Waals surface area contributed by atoms with Crippen LogP contribution in [-0.4, -0.2) is 37.3 Å². The van der Waals surface area contributed by atoms with Crippen molar-refractivity contribution in [2.24, 2.45) is 21.2 Å². The number of amides is 1. The third-order valence-electron chi connectivity index (χ3n) is 4.27. The molecule has 8 nitrogen and oxygen atoms in total. The van der Waals surface area contributed by atoms with Crippen LogP contribution in [0.4, 0.5) is 0 Å². The molecular formula is C23H30N4O4. The van der Waals surface area contributed by atoms with Crippen LogP contribution in [0.15, 0.2) is 57.9 Å². The number of carbonyl (C=O) groups is 1. The summed E-state index contributed by atoms with van der Waals surface area (Å²) in [5.41, 5.74) is 10.8. The van der Waals surface area contributed by atoms with Crippen LogP contribution in [0.3, 0.4) is 0 Å². The molecule has 0 saturated carbocycles. The quantitative estimate of drug-likeness (QED) is 0.487. The molecule has 0 aromatic heterocycles. The molecule has 0 radical (unpaired) electrons. The fraction of sp³-hybridized carbons (Fsp3) is 0.304. The van der Waals surface area contributed by atoms with Gasteiger partial charge in [-0.05, 0) is 26.3 Å². The van der Waals surface area contributed by atoms with Crippen LogP contribution in [0.25, 0.3) is 0 Å². The van der Waals surface area contributed by atoms with E-state index in [1.165, 1.54) is 14.2 Å². The molecule has 166 valence electrons. The fourth-order valence-electron chi connectivity index (χ4n) is 2.92. The number of nitrogens with two attached hydrogens (primary N) is 1. The van der Waals surface area contributed by atoms with Crippen LogP contribution in [0.1, 0.15) is 42.2 Å². The Morgan fingerprint density at radius 2 is 1.58 bits per heavy atom. The van der Waals surface area contributed by atoms with Gasteiger partial charge in [-0.15, -0.1) is 0 Å². The Labute approximate surface area is 183 Å². The molecule has 0 saturated heterocycles. The zero-order valence-corrected chi connectivity index (χ0v) is 17.8. The first-order chi connectivity index (χ1) is 14.4. The molecule has 1 amide bonds. The van der Waals surface area contributed by atoms with E-state index in [1.807, 2.05) is 32.0 Å². The average molecular weight is 427 g/mol. The molecule has 0 aliphatic heterocycles. The molecular weight excluding hydrogens is 396 g/mol. The number of rotatable bonds is 9. The summed E-state index contributed by atoms with van der Waals surface area (Å²) in [6.45, 7) is 5.90. The summed E-state index contributed by atoms with van der Waals surface area (Å²) in [5.74, 6) is -0.701. The highest BCUT2D eigenvalue weighted by molar-refractivity contribution is 6.47. The summed E-state index contributed by atoms with van der Waals surface area (Å²) < 4.78 is 0. The van der Waals surface area contributed by atoms with E-state index in [0.29, 0.717) is 22.6 Å². The van der Waals surface area contributed by atoms with Gasteiger partial charge < -0.3 is 20.2 Å². The third kappa shape index (κ3) is 6.67. The maximum atomic E-state index is 11.7. The highest BCUT2D eigenvalue weighted by Crippen LogP contribution is 2.15. The molecule has 0 atom stereocenters. The summed E-state index contributed by atoms with van der Waals surface area (Å²) in [5, 5.41) is 12.0. The zero-order chi connectivity index (χ0) is 22.1. The Bertz CT molecular complexity index is 997. The third-order valence-corrected chi connectivity index (χ3v) is 4.27. The van der Waals surface area contributed by atoms with Crippen molar-refractivity contribution in [1.82, 2.24) is 0 Å².